The van der Waals surface area contributed by atoms with E-state index in [9.17, 15) is 28.9 Å². The number of hydrogen-bond acceptors (Lipinski definition) is 11. The number of esters is 2. The summed E-state index contributed by atoms with van der Waals surface area (Å²) >= 11 is 6.60. The summed E-state index contributed by atoms with van der Waals surface area (Å²) in [7, 11) is 0. The van der Waals surface area contributed by atoms with E-state index >= 15 is 0 Å². The molecule has 0 bridgehead atoms. The van der Waals surface area contributed by atoms with E-state index in [0.717, 1.165) is 17.5 Å². The van der Waals surface area contributed by atoms with E-state index in [0.29, 0.717) is 5.56 Å². The zero-order valence-corrected chi connectivity index (χ0v) is 30.6. The normalized spacial score (nSPS) is 12.3. The van der Waals surface area contributed by atoms with Crippen LogP contribution in [0.25, 0.3) is 17.2 Å². The summed E-state index contributed by atoms with van der Waals surface area (Å²) in [5.41, 5.74) is 13.0. The fourth-order valence-corrected chi connectivity index (χ4v) is 5.89. The number of thioether (sulfide) groups is 1. The molecule has 0 unspecified atom stereocenters. The molecule has 0 aromatic heterocycles. The molecule has 0 aliphatic heterocycles. The minimum Gasteiger partial charge on any atom is -0.429 e. The van der Waals surface area contributed by atoms with Crippen molar-refractivity contribution in [1.29, 1.82) is 0 Å². The van der Waals surface area contributed by atoms with Crippen LogP contribution in [0.4, 0.5) is 4.39 Å². The van der Waals surface area contributed by atoms with Crippen molar-refractivity contribution in [3.8, 4) is 17.2 Å². The standard InChI is InChI=1S/C20H19FS.C19H16N2O9S/c1-4-17-13(2)19(18-10-7-15(21)12-20(17)18)11-14-5-8-16(22-3)9-6-14;20-18(31)12-3-5-13(6-4-12)29-19(24)15-10-14(27-11-22)7-8-16(15)30-17(23)2-1-9-28-21(25)26/h5-12H,4H2,1-3H3;3-8,10-11H,1-2,9H2,(H2,20,31)/b19-11-;. The number of fused-ring (bicyclic) bond motifs is 1. The van der Waals surface area contributed by atoms with Crippen molar-refractivity contribution in [3.63, 3.8) is 0 Å². The van der Waals surface area contributed by atoms with E-state index in [1.165, 1.54) is 57.5 Å². The van der Waals surface area contributed by atoms with E-state index in [1.54, 1.807) is 36.0 Å². The Morgan fingerprint density at radius 1 is 0.962 bits per heavy atom. The van der Waals surface area contributed by atoms with Gasteiger partial charge in [-0.15, -0.1) is 21.9 Å². The van der Waals surface area contributed by atoms with Crippen LogP contribution in [0, 0.1) is 15.9 Å². The Bertz CT molecular complexity index is 2060. The van der Waals surface area contributed by atoms with Crippen molar-refractivity contribution in [2.45, 2.75) is 38.0 Å². The Hall–Kier alpha value is -5.86. The molecule has 2 N–H and O–H groups in total. The summed E-state index contributed by atoms with van der Waals surface area (Å²) in [5, 5.41) is 9.13. The molecule has 1 aliphatic carbocycles. The minimum absolute atomic E-state index is 0.0185. The summed E-state index contributed by atoms with van der Waals surface area (Å²) in [4.78, 5) is 50.9. The third kappa shape index (κ3) is 11.1. The molecule has 0 spiro atoms. The SMILES string of the molecule is CCC1=C(C)/C(=C/c2ccc(SC)cc2)c2ccc(F)cc21.NC(=S)c1ccc(OC(=O)c2cc(OC=O)ccc2OC(=O)CCCO[N+](=O)[O-])cc1. The van der Waals surface area contributed by atoms with Crippen LogP contribution in [0.1, 0.15) is 65.7 Å². The van der Waals surface area contributed by atoms with Crippen LogP contribution in [0.2, 0.25) is 0 Å². The van der Waals surface area contributed by atoms with Gasteiger partial charge in [0.2, 0.25) is 0 Å². The number of allylic oxidation sites excluding steroid dienone is 3. The third-order valence-corrected chi connectivity index (χ3v) is 8.86. The Labute approximate surface area is 314 Å². The number of halogens is 1. The summed E-state index contributed by atoms with van der Waals surface area (Å²) in [5.74, 6) is -1.78. The largest absolute Gasteiger partial charge is 0.429 e. The minimum atomic E-state index is -0.973. The molecule has 0 saturated carbocycles. The zero-order valence-electron chi connectivity index (χ0n) is 29.0. The van der Waals surface area contributed by atoms with Gasteiger partial charge >= 0.3 is 11.9 Å². The molecule has 4 aromatic carbocycles. The van der Waals surface area contributed by atoms with Gasteiger partial charge in [-0.3, -0.25) is 9.59 Å². The molecule has 1 aliphatic rings. The van der Waals surface area contributed by atoms with Gasteiger partial charge in [-0.25, -0.2) is 9.18 Å². The van der Waals surface area contributed by atoms with Crippen molar-refractivity contribution in [2.24, 2.45) is 5.73 Å². The van der Waals surface area contributed by atoms with Crippen molar-refractivity contribution in [3.05, 3.63) is 134 Å². The van der Waals surface area contributed by atoms with Crippen LogP contribution in [0.5, 0.6) is 17.2 Å². The number of carbonyl (C=O) groups excluding carboxylic acids is 3. The van der Waals surface area contributed by atoms with Gasteiger partial charge in [0.15, 0.2) is 0 Å². The van der Waals surface area contributed by atoms with Crippen LogP contribution in [0.15, 0.2) is 95.4 Å². The second-order valence-corrected chi connectivity index (χ2v) is 12.6. The maximum atomic E-state index is 13.6. The molecule has 0 atom stereocenters. The second-order valence-electron chi connectivity index (χ2n) is 11.3. The monoisotopic (exact) mass is 758 g/mol. The van der Waals surface area contributed by atoms with Crippen LogP contribution >= 0.6 is 24.0 Å². The van der Waals surface area contributed by atoms with Crippen molar-refractivity contribution >= 4 is 64.6 Å². The number of hydrogen-bond donors (Lipinski definition) is 1. The quantitative estimate of drug-likeness (QED) is 0.0192. The van der Waals surface area contributed by atoms with Crippen LogP contribution in [-0.2, 0) is 14.4 Å². The van der Waals surface area contributed by atoms with E-state index in [1.807, 2.05) is 6.07 Å². The highest BCUT2D eigenvalue weighted by atomic mass is 32.2. The predicted octanol–water partition coefficient (Wildman–Crippen LogP) is 8.25. The average Bonchev–Trinajstić information content (AvgIpc) is 3.40. The van der Waals surface area contributed by atoms with Gasteiger partial charge in [0.05, 0.1) is 6.61 Å². The fraction of sp³-hybridized carbons (Fsp3) is 0.179. The second kappa shape index (κ2) is 19.1. The van der Waals surface area contributed by atoms with E-state index < -0.39 is 17.0 Å². The van der Waals surface area contributed by atoms with Crippen molar-refractivity contribution < 1.29 is 42.9 Å². The van der Waals surface area contributed by atoms with Gasteiger partial charge in [0, 0.05) is 16.9 Å². The summed E-state index contributed by atoms with van der Waals surface area (Å²) < 4.78 is 28.7. The number of rotatable bonds is 14. The molecule has 4 aromatic rings. The lowest BCUT2D eigenvalue weighted by molar-refractivity contribution is -0.757. The molecule has 274 valence electrons. The fourth-order valence-electron chi connectivity index (χ4n) is 5.34. The van der Waals surface area contributed by atoms with Gasteiger partial charge in [-0.05, 0) is 132 Å². The number of nitrogens with two attached hydrogens (primary N) is 1. The van der Waals surface area contributed by atoms with E-state index in [2.05, 4.69) is 55.3 Å². The molecular weight excluding hydrogens is 724 g/mol. The Balaban J connectivity index is 0.000000250. The Morgan fingerprint density at radius 3 is 2.28 bits per heavy atom. The van der Waals surface area contributed by atoms with Gasteiger partial charge in [-0.1, -0.05) is 37.3 Å². The van der Waals surface area contributed by atoms with Gasteiger partial charge in [0.1, 0.15) is 33.6 Å². The summed E-state index contributed by atoms with van der Waals surface area (Å²) in [6, 6.07) is 23.4. The topological polar surface area (TPSA) is 157 Å². The predicted molar refractivity (Wildman–Crippen MR) is 204 cm³/mol. The highest BCUT2D eigenvalue weighted by molar-refractivity contribution is 7.98. The highest BCUT2D eigenvalue weighted by Crippen LogP contribution is 2.43. The van der Waals surface area contributed by atoms with Crippen molar-refractivity contribution in [1.82, 2.24) is 0 Å². The molecule has 53 heavy (non-hydrogen) atoms. The Kier molecular flexibility index (Phi) is 14.4. The average molecular weight is 759 g/mol. The van der Waals surface area contributed by atoms with Crippen LogP contribution in [-0.4, -0.2) is 41.3 Å². The van der Waals surface area contributed by atoms with Crippen LogP contribution < -0.4 is 19.9 Å². The molecule has 0 fully saturated rings. The first-order valence-corrected chi connectivity index (χ1v) is 17.8. The first-order valence-electron chi connectivity index (χ1n) is 16.1. The molecule has 0 heterocycles. The molecule has 0 saturated heterocycles. The molecule has 0 amide bonds. The van der Waals surface area contributed by atoms with Gasteiger partial charge in [-0.2, -0.15) is 0 Å². The first-order chi connectivity index (χ1) is 25.4. The van der Waals surface area contributed by atoms with Gasteiger partial charge < -0.3 is 24.8 Å². The molecule has 5 rings (SSSR count). The lowest BCUT2D eigenvalue weighted by Gasteiger charge is -2.11. The smallest absolute Gasteiger partial charge is 0.347 e. The number of ether oxygens (including phenoxy) is 3. The lowest BCUT2D eigenvalue weighted by Crippen LogP contribution is -2.15. The first kappa shape index (κ1) is 39.9. The summed E-state index contributed by atoms with van der Waals surface area (Å²) in [6.07, 6.45) is 5.04. The Morgan fingerprint density at radius 2 is 1.66 bits per heavy atom. The van der Waals surface area contributed by atoms with Crippen LogP contribution in [0.3, 0.4) is 0 Å². The molecule has 0 radical (unpaired) electrons. The maximum Gasteiger partial charge on any atom is 0.347 e. The van der Waals surface area contributed by atoms with E-state index in [-0.39, 0.29) is 59.5 Å². The third-order valence-electron chi connectivity index (χ3n) is 7.88. The number of nitrogens with zero attached hydrogens (tertiary/aromatic N) is 1. The van der Waals surface area contributed by atoms with Crippen molar-refractivity contribution in [2.75, 3.05) is 12.9 Å². The number of benzene rings is 4. The lowest BCUT2D eigenvalue weighted by atomic mass is 10.0. The number of thiocarbonyl (C=S) groups is 1. The summed E-state index contributed by atoms with van der Waals surface area (Å²) in [6.45, 7) is 4.15. The van der Waals surface area contributed by atoms with E-state index in [4.69, 9.17) is 32.2 Å². The number of carbonyl (C=O) groups is 3. The maximum absolute atomic E-state index is 13.6. The molecular formula is C39H35FN2O9S2. The molecule has 11 nitrogen and oxygen atoms in total. The van der Waals surface area contributed by atoms with Gasteiger partial charge in [0.25, 0.3) is 11.6 Å². The zero-order chi connectivity index (χ0) is 38.5. The molecule has 14 heteroatoms. The highest BCUT2D eigenvalue weighted by Gasteiger charge is 2.23.